The molecule has 1 fully saturated rings. The van der Waals surface area contributed by atoms with E-state index in [-0.39, 0.29) is 11.2 Å². The van der Waals surface area contributed by atoms with E-state index in [2.05, 4.69) is 12.6 Å². The summed E-state index contributed by atoms with van der Waals surface area (Å²) >= 11 is 10.3. The van der Waals surface area contributed by atoms with Crippen molar-refractivity contribution in [1.82, 2.24) is 0 Å². The Morgan fingerprint density at radius 3 is 2.88 bits per heavy atom. The molecule has 0 aromatic heterocycles. The van der Waals surface area contributed by atoms with Crippen LogP contribution in [0.1, 0.15) is 6.42 Å². The molecule has 1 heterocycles. The largest absolute Gasteiger partial charge is 0.493 e. The Morgan fingerprint density at radius 2 is 2.31 bits per heavy atom. The number of anilines is 1. The molecular weight excluding hydrogens is 246 g/mol. The number of halogens is 1. The summed E-state index contributed by atoms with van der Waals surface area (Å²) in [4.78, 5) is 13.4. The number of thiol groups is 1. The number of amides is 1. The zero-order chi connectivity index (χ0) is 11.7. The van der Waals surface area contributed by atoms with Gasteiger partial charge in [-0.3, -0.25) is 4.79 Å². The molecule has 0 spiro atoms. The second-order valence-corrected chi connectivity index (χ2v) is 4.79. The number of benzene rings is 1. The molecule has 0 radical (unpaired) electrons. The third-order valence-corrected chi connectivity index (χ3v) is 3.19. The number of carbonyl (C=O) groups is 1. The van der Waals surface area contributed by atoms with Crippen molar-refractivity contribution >= 4 is 35.8 Å². The van der Waals surface area contributed by atoms with Gasteiger partial charge in [0.15, 0.2) is 5.75 Å². The molecular formula is C11H12ClNO2S. The number of rotatable bonds is 2. The van der Waals surface area contributed by atoms with Crippen molar-refractivity contribution in [3.63, 3.8) is 0 Å². The van der Waals surface area contributed by atoms with Crippen molar-refractivity contribution in [3.05, 3.63) is 23.2 Å². The Bertz CT molecular complexity index is 424. The number of methoxy groups -OCH3 is 1. The maximum Gasteiger partial charge on any atom is 0.228 e. The first kappa shape index (κ1) is 11.6. The molecule has 1 unspecified atom stereocenters. The molecule has 1 aromatic rings. The third-order valence-electron chi connectivity index (χ3n) is 2.55. The van der Waals surface area contributed by atoms with E-state index >= 15 is 0 Å². The van der Waals surface area contributed by atoms with E-state index in [1.54, 1.807) is 24.1 Å². The molecule has 16 heavy (non-hydrogen) atoms. The lowest BCUT2D eigenvalue weighted by Crippen LogP contribution is -2.25. The summed E-state index contributed by atoms with van der Waals surface area (Å²) in [5, 5.41) is 0.589. The molecule has 2 rings (SSSR count). The van der Waals surface area contributed by atoms with Crippen LogP contribution in [0.4, 0.5) is 5.69 Å². The van der Waals surface area contributed by atoms with E-state index in [0.717, 1.165) is 5.69 Å². The molecule has 0 bridgehead atoms. The molecule has 5 heteroatoms. The Balaban J connectivity index is 2.40. The standard InChI is InChI=1S/C11H12ClNO2S/c1-15-11-8(12)3-2-4-9(11)13-6-7(16)5-10(13)14/h2-4,7,16H,5-6H2,1H3. The first-order chi connectivity index (χ1) is 7.63. The van der Waals surface area contributed by atoms with Crippen LogP contribution in [-0.2, 0) is 4.79 Å². The maximum atomic E-state index is 11.7. The first-order valence-corrected chi connectivity index (χ1v) is 5.84. The smallest absolute Gasteiger partial charge is 0.228 e. The number of carbonyl (C=O) groups excluding carboxylic acids is 1. The minimum absolute atomic E-state index is 0.0561. The second-order valence-electron chi connectivity index (χ2n) is 3.65. The summed E-state index contributed by atoms with van der Waals surface area (Å²) in [5.41, 5.74) is 0.719. The second kappa shape index (κ2) is 4.55. The summed E-state index contributed by atoms with van der Waals surface area (Å²) in [6.45, 7) is 0.596. The van der Waals surface area contributed by atoms with Gasteiger partial charge in [0.2, 0.25) is 5.91 Å². The van der Waals surface area contributed by atoms with Crippen LogP contribution in [0.25, 0.3) is 0 Å². The Morgan fingerprint density at radius 1 is 1.56 bits per heavy atom. The number of para-hydroxylation sites is 1. The quantitative estimate of drug-likeness (QED) is 0.825. The Kier molecular flexibility index (Phi) is 3.30. The van der Waals surface area contributed by atoms with Gasteiger partial charge < -0.3 is 9.64 Å². The summed E-state index contributed by atoms with van der Waals surface area (Å²) in [5.74, 6) is 0.598. The fourth-order valence-electron chi connectivity index (χ4n) is 1.83. The van der Waals surface area contributed by atoms with Crippen molar-refractivity contribution in [3.8, 4) is 5.75 Å². The number of hydrogen-bond donors (Lipinski definition) is 1. The maximum absolute atomic E-state index is 11.7. The number of nitrogens with zero attached hydrogens (tertiary/aromatic N) is 1. The third kappa shape index (κ3) is 1.99. The van der Waals surface area contributed by atoms with E-state index in [1.807, 2.05) is 6.07 Å². The summed E-state index contributed by atoms with van der Waals surface area (Å²) in [7, 11) is 1.55. The Hall–Kier alpha value is -0.870. The molecule has 1 amide bonds. The molecule has 1 aliphatic heterocycles. The van der Waals surface area contributed by atoms with Crippen LogP contribution in [-0.4, -0.2) is 24.8 Å². The van der Waals surface area contributed by atoms with Gasteiger partial charge in [0.1, 0.15) is 0 Å². The van der Waals surface area contributed by atoms with Gasteiger partial charge in [0.25, 0.3) is 0 Å². The molecule has 1 aromatic carbocycles. The van der Waals surface area contributed by atoms with Crippen LogP contribution < -0.4 is 9.64 Å². The van der Waals surface area contributed by atoms with Gasteiger partial charge >= 0.3 is 0 Å². The highest BCUT2D eigenvalue weighted by Gasteiger charge is 2.30. The summed E-state index contributed by atoms with van der Waals surface area (Å²) in [6, 6.07) is 5.37. The van der Waals surface area contributed by atoms with E-state index in [4.69, 9.17) is 16.3 Å². The van der Waals surface area contributed by atoms with Gasteiger partial charge in [-0.25, -0.2) is 0 Å². The highest BCUT2D eigenvalue weighted by molar-refractivity contribution is 7.81. The molecule has 1 saturated heterocycles. The lowest BCUT2D eigenvalue weighted by molar-refractivity contribution is -0.117. The van der Waals surface area contributed by atoms with Gasteiger partial charge in [0, 0.05) is 18.2 Å². The normalized spacial score (nSPS) is 20.3. The van der Waals surface area contributed by atoms with Crippen molar-refractivity contribution in [2.45, 2.75) is 11.7 Å². The van der Waals surface area contributed by atoms with Crippen molar-refractivity contribution in [2.24, 2.45) is 0 Å². The van der Waals surface area contributed by atoms with Gasteiger partial charge in [-0.15, -0.1) is 0 Å². The molecule has 86 valence electrons. The predicted octanol–water partition coefficient (Wildman–Crippen LogP) is 2.38. The van der Waals surface area contributed by atoms with Crippen LogP contribution in [0, 0.1) is 0 Å². The molecule has 1 atom stereocenters. The zero-order valence-electron chi connectivity index (χ0n) is 8.81. The van der Waals surface area contributed by atoms with Crippen molar-refractivity contribution in [1.29, 1.82) is 0 Å². The highest BCUT2D eigenvalue weighted by Crippen LogP contribution is 2.37. The molecule has 0 N–H and O–H groups in total. The minimum atomic E-state index is 0.0561. The average molecular weight is 258 g/mol. The first-order valence-electron chi connectivity index (χ1n) is 4.94. The lowest BCUT2D eigenvalue weighted by Gasteiger charge is -2.19. The van der Waals surface area contributed by atoms with E-state index in [9.17, 15) is 4.79 Å². The number of hydrogen-bond acceptors (Lipinski definition) is 3. The SMILES string of the molecule is COc1c(Cl)cccc1N1CC(S)CC1=O. The van der Waals surface area contributed by atoms with E-state index in [0.29, 0.717) is 23.7 Å². The van der Waals surface area contributed by atoms with Gasteiger partial charge in [0.05, 0.1) is 17.8 Å². The monoisotopic (exact) mass is 257 g/mol. The number of ether oxygens (including phenoxy) is 1. The average Bonchev–Trinajstić information content (AvgIpc) is 2.57. The van der Waals surface area contributed by atoms with Crippen LogP contribution >= 0.6 is 24.2 Å². The molecule has 0 saturated carbocycles. The Labute approximate surface area is 105 Å². The molecule has 3 nitrogen and oxygen atoms in total. The van der Waals surface area contributed by atoms with Gasteiger partial charge in [-0.2, -0.15) is 12.6 Å². The fourth-order valence-corrected chi connectivity index (χ4v) is 2.40. The summed E-state index contributed by atoms with van der Waals surface area (Å²) < 4.78 is 5.22. The summed E-state index contributed by atoms with van der Waals surface area (Å²) in [6.07, 6.45) is 0.457. The van der Waals surface area contributed by atoms with Crippen LogP contribution in [0.2, 0.25) is 5.02 Å². The van der Waals surface area contributed by atoms with Crippen LogP contribution in [0.3, 0.4) is 0 Å². The lowest BCUT2D eigenvalue weighted by atomic mass is 10.2. The van der Waals surface area contributed by atoms with Gasteiger partial charge in [-0.05, 0) is 12.1 Å². The zero-order valence-corrected chi connectivity index (χ0v) is 10.5. The predicted molar refractivity (Wildman–Crippen MR) is 67.7 cm³/mol. The van der Waals surface area contributed by atoms with Crippen molar-refractivity contribution < 1.29 is 9.53 Å². The van der Waals surface area contributed by atoms with Crippen molar-refractivity contribution in [2.75, 3.05) is 18.6 Å². The molecule has 1 aliphatic rings. The van der Waals surface area contributed by atoms with Crippen LogP contribution in [0.15, 0.2) is 18.2 Å². The molecule has 0 aliphatic carbocycles. The fraction of sp³-hybridized carbons (Fsp3) is 0.364. The van der Waals surface area contributed by atoms with E-state index < -0.39 is 0 Å². The van der Waals surface area contributed by atoms with E-state index in [1.165, 1.54) is 0 Å². The van der Waals surface area contributed by atoms with Crippen LogP contribution in [0.5, 0.6) is 5.75 Å². The topological polar surface area (TPSA) is 29.5 Å². The minimum Gasteiger partial charge on any atom is -0.493 e. The highest BCUT2D eigenvalue weighted by atomic mass is 35.5. The van der Waals surface area contributed by atoms with Gasteiger partial charge in [-0.1, -0.05) is 17.7 Å².